The standard InChI is InChI=1S/C18H15ClN2O2/c19-16-6-4-15(5-7-16)18(22)23-11-14-3-1-2-13(8-14)9-17-10-20-12-21-17/h1-8,10,12H,9,11H2,(H,20,21). The lowest BCUT2D eigenvalue weighted by atomic mass is 10.1. The number of carbonyl (C=O) groups excluding carboxylic acids is 1. The Morgan fingerprint density at radius 2 is 1.91 bits per heavy atom. The molecule has 0 radical (unpaired) electrons. The molecular weight excluding hydrogens is 312 g/mol. The van der Waals surface area contributed by atoms with Crippen molar-refractivity contribution in [1.82, 2.24) is 9.97 Å². The molecule has 0 saturated heterocycles. The molecule has 3 aromatic rings. The molecule has 116 valence electrons. The highest BCUT2D eigenvalue weighted by molar-refractivity contribution is 6.30. The second-order valence-electron chi connectivity index (χ2n) is 5.16. The summed E-state index contributed by atoms with van der Waals surface area (Å²) in [6.45, 7) is 0.234. The molecule has 0 unspecified atom stereocenters. The molecular formula is C18H15ClN2O2. The number of esters is 1. The first-order valence-electron chi connectivity index (χ1n) is 7.18. The van der Waals surface area contributed by atoms with Gasteiger partial charge in [-0.2, -0.15) is 0 Å². The lowest BCUT2D eigenvalue weighted by Crippen LogP contribution is -2.05. The van der Waals surface area contributed by atoms with Crippen LogP contribution in [0.1, 0.15) is 27.2 Å². The van der Waals surface area contributed by atoms with E-state index in [0.717, 1.165) is 23.2 Å². The van der Waals surface area contributed by atoms with Gasteiger partial charge in [-0.15, -0.1) is 0 Å². The number of H-pyrrole nitrogens is 1. The Balaban J connectivity index is 1.61. The second kappa shape index (κ2) is 7.11. The third-order valence-corrected chi connectivity index (χ3v) is 3.64. The van der Waals surface area contributed by atoms with Crippen molar-refractivity contribution < 1.29 is 9.53 Å². The van der Waals surface area contributed by atoms with Crippen molar-refractivity contribution in [3.63, 3.8) is 0 Å². The van der Waals surface area contributed by atoms with Gasteiger partial charge in [-0.05, 0) is 35.4 Å². The number of benzene rings is 2. The van der Waals surface area contributed by atoms with Crippen LogP contribution in [0.15, 0.2) is 61.1 Å². The van der Waals surface area contributed by atoms with Crippen molar-refractivity contribution in [1.29, 1.82) is 0 Å². The molecule has 1 aromatic heterocycles. The van der Waals surface area contributed by atoms with Crippen LogP contribution >= 0.6 is 11.6 Å². The first kappa shape index (κ1) is 15.3. The summed E-state index contributed by atoms with van der Waals surface area (Å²) in [6, 6.07) is 14.6. The van der Waals surface area contributed by atoms with Gasteiger partial charge in [-0.1, -0.05) is 35.9 Å². The van der Waals surface area contributed by atoms with E-state index in [4.69, 9.17) is 16.3 Å². The Bertz CT molecular complexity index is 783. The van der Waals surface area contributed by atoms with Crippen LogP contribution in [-0.4, -0.2) is 15.9 Å². The van der Waals surface area contributed by atoms with E-state index in [1.807, 2.05) is 24.3 Å². The average molecular weight is 327 g/mol. The highest BCUT2D eigenvalue weighted by Crippen LogP contribution is 2.13. The number of halogens is 1. The van der Waals surface area contributed by atoms with Gasteiger partial charge in [0.15, 0.2) is 0 Å². The van der Waals surface area contributed by atoms with Crippen LogP contribution < -0.4 is 0 Å². The predicted molar refractivity (Wildman–Crippen MR) is 88.4 cm³/mol. The molecule has 3 rings (SSSR count). The Kier molecular flexibility index (Phi) is 4.74. The molecule has 0 bridgehead atoms. The smallest absolute Gasteiger partial charge is 0.338 e. The van der Waals surface area contributed by atoms with Gasteiger partial charge in [-0.25, -0.2) is 9.78 Å². The van der Waals surface area contributed by atoms with E-state index in [9.17, 15) is 4.79 Å². The van der Waals surface area contributed by atoms with E-state index in [1.165, 1.54) is 0 Å². The van der Waals surface area contributed by atoms with Gasteiger partial charge in [0.1, 0.15) is 6.61 Å². The van der Waals surface area contributed by atoms with E-state index in [0.29, 0.717) is 10.6 Å². The van der Waals surface area contributed by atoms with Crippen LogP contribution in [0.3, 0.4) is 0 Å². The molecule has 0 atom stereocenters. The third-order valence-electron chi connectivity index (χ3n) is 3.39. The number of nitrogens with zero attached hydrogens (tertiary/aromatic N) is 1. The van der Waals surface area contributed by atoms with E-state index < -0.39 is 0 Å². The zero-order valence-corrected chi connectivity index (χ0v) is 13.1. The van der Waals surface area contributed by atoms with Crippen molar-refractivity contribution in [2.45, 2.75) is 13.0 Å². The maximum absolute atomic E-state index is 12.0. The van der Waals surface area contributed by atoms with Gasteiger partial charge in [0.05, 0.1) is 11.9 Å². The molecule has 0 amide bonds. The molecule has 23 heavy (non-hydrogen) atoms. The molecule has 0 aliphatic rings. The minimum atomic E-state index is -0.361. The summed E-state index contributed by atoms with van der Waals surface area (Å²) in [4.78, 5) is 19.1. The van der Waals surface area contributed by atoms with Gasteiger partial charge in [-0.3, -0.25) is 0 Å². The predicted octanol–water partition coefficient (Wildman–Crippen LogP) is 4.01. The molecule has 2 aromatic carbocycles. The highest BCUT2D eigenvalue weighted by Gasteiger charge is 2.07. The highest BCUT2D eigenvalue weighted by atomic mass is 35.5. The zero-order chi connectivity index (χ0) is 16.1. The van der Waals surface area contributed by atoms with Gasteiger partial charge in [0, 0.05) is 23.3 Å². The number of hydrogen-bond donors (Lipinski definition) is 1. The normalized spacial score (nSPS) is 10.5. The monoisotopic (exact) mass is 326 g/mol. The number of hydrogen-bond acceptors (Lipinski definition) is 3. The molecule has 0 aliphatic carbocycles. The SMILES string of the molecule is O=C(OCc1cccc(Cc2cnc[nH]2)c1)c1ccc(Cl)cc1. The topological polar surface area (TPSA) is 55.0 Å². The van der Waals surface area contributed by atoms with E-state index in [1.54, 1.807) is 36.8 Å². The molecule has 0 spiro atoms. The summed E-state index contributed by atoms with van der Waals surface area (Å²) in [5.74, 6) is -0.361. The van der Waals surface area contributed by atoms with Crippen molar-refractivity contribution in [2.75, 3.05) is 0 Å². The molecule has 0 fully saturated rings. The molecule has 1 heterocycles. The van der Waals surface area contributed by atoms with Gasteiger partial charge in [0.25, 0.3) is 0 Å². The number of ether oxygens (including phenoxy) is 1. The van der Waals surface area contributed by atoms with Crippen LogP contribution in [-0.2, 0) is 17.8 Å². The first-order valence-corrected chi connectivity index (χ1v) is 7.56. The largest absolute Gasteiger partial charge is 0.457 e. The number of aromatic amines is 1. The lowest BCUT2D eigenvalue weighted by Gasteiger charge is -2.07. The average Bonchev–Trinajstić information content (AvgIpc) is 3.07. The number of aromatic nitrogens is 2. The fourth-order valence-corrected chi connectivity index (χ4v) is 2.37. The van der Waals surface area contributed by atoms with Gasteiger partial charge >= 0.3 is 5.97 Å². The second-order valence-corrected chi connectivity index (χ2v) is 5.59. The van der Waals surface area contributed by atoms with Crippen LogP contribution in [0.4, 0.5) is 0 Å². The molecule has 0 aliphatic heterocycles. The molecule has 1 N–H and O–H groups in total. The summed E-state index contributed by atoms with van der Waals surface area (Å²) < 4.78 is 5.34. The summed E-state index contributed by atoms with van der Waals surface area (Å²) in [5, 5.41) is 0.591. The first-order chi connectivity index (χ1) is 11.2. The van der Waals surface area contributed by atoms with Crippen molar-refractivity contribution in [2.24, 2.45) is 0 Å². The quantitative estimate of drug-likeness (QED) is 0.721. The maximum atomic E-state index is 12.0. The van der Waals surface area contributed by atoms with Crippen molar-refractivity contribution in [3.8, 4) is 0 Å². The number of imidazole rings is 1. The zero-order valence-electron chi connectivity index (χ0n) is 12.3. The number of rotatable bonds is 5. The van der Waals surface area contributed by atoms with Crippen molar-refractivity contribution >= 4 is 17.6 Å². The summed E-state index contributed by atoms with van der Waals surface area (Å²) in [6.07, 6.45) is 4.22. The maximum Gasteiger partial charge on any atom is 0.338 e. The van der Waals surface area contributed by atoms with E-state index in [-0.39, 0.29) is 12.6 Å². The van der Waals surface area contributed by atoms with Gasteiger partial charge in [0.2, 0.25) is 0 Å². The summed E-state index contributed by atoms with van der Waals surface area (Å²) >= 11 is 5.81. The molecule has 4 nitrogen and oxygen atoms in total. The third kappa shape index (κ3) is 4.20. The Labute approximate surface area is 139 Å². The van der Waals surface area contributed by atoms with Crippen LogP contribution in [0.5, 0.6) is 0 Å². The number of carbonyl (C=O) groups is 1. The van der Waals surface area contributed by atoms with Crippen LogP contribution in [0, 0.1) is 0 Å². The summed E-state index contributed by atoms with van der Waals surface area (Å²) in [5.41, 5.74) is 3.61. The Hall–Kier alpha value is -2.59. The Morgan fingerprint density at radius 3 is 2.65 bits per heavy atom. The minimum absolute atomic E-state index is 0.234. The molecule has 5 heteroatoms. The fraction of sp³-hybridized carbons (Fsp3) is 0.111. The van der Waals surface area contributed by atoms with Crippen LogP contribution in [0.2, 0.25) is 5.02 Å². The van der Waals surface area contributed by atoms with E-state index >= 15 is 0 Å². The summed E-state index contributed by atoms with van der Waals surface area (Å²) in [7, 11) is 0. The van der Waals surface area contributed by atoms with E-state index in [2.05, 4.69) is 9.97 Å². The van der Waals surface area contributed by atoms with Crippen LogP contribution in [0.25, 0.3) is 0 Å². The van der Waals surface area contributed by atoms with Gasteiger partial charge < -0.3 is 9.72 Å². The minimum Gasteiger partial charge on any atom is -0.457 e. The number of nitrogens with one attached hydrogen (secondary N) is 1. The molecule has 0 saturated carbocycles. The fourth-order valence-electron chi connectivity index (χ4n) is 2.25. The lowest BCUT2D eigenvalue weighted by molar-refractivity contribution is 0.0472. The Morgan fingerprint density at radius 1 is 1.13 bits per heavy atom. The van der Waals surface area contributed by atoms with Crippen molar-refractivity contribution in [3.05, 3.63) is 88.5 Å².